The first-order valence-corrected chi connectivity index (χ1v) is 6.31. The van der Waals surface area contributed by atoms with Crippen LogP contribution in [-0.2, 0) is 24.5 Å². The first-order valence-electron chi connectivity index (χ1n) is 6.31. The molecule has 4 nitrogen and oxygen atoms in total. The lowest BCUT2D eigenvalue weighted by molar-refractivity contribution is -0.206. The third kappa shape index (κ3) is 1.29. The first-order chi connectivity index (χ1) is 8.61. The molecule has 3 fully saturated rings. The summed E-state index contributed by atoms with van der Waals surface area (Å²) in [5, 5.41) is 0. The second-order valence-electron chi connectivity index (χ2n) is 5.57. The summed E-state index contributed by atoms with van der Waals surface area (Å²) in [5.74, 6) is -0.564. The van der Waals surface area contributed by atoms with Crippen LogP contribution in [0.25, 0.3) is 0 Å². The van der Waals surface area contributed by atoms with Gasteiger partial charge in [0.2, 0.25) is 0 Å². The number of fused-ring (bicyclic) bond motifs is 5. The van der Waals surface area contributed by atoms with E-state index >= 15 is 0 Å². The summed E-state index contributed by atoms with van der Waals surface area (Å²) in [7, 11) is 0. The van der Waals surface area contributed by atoms with Crippen LogP contribution in [0.1, 0.15) is 19.4 Å². The van der Waals surface area contributed by atoms with Crippen LogP contribution in [0.5, 0.6) is 0 Å². The first kappa shape index (κ1) is 10.9. The molecule has 3 aliphatic rings. The molecule has 96 valence electrons. The summed E-state index contributed by atoms with van der Waals surface area (Å²) >= 11 is 0. The minimum Gasteiger partial charge on any atom is -0.346 e. The van der Waals surface area contributed by atoms with E-state index in [0.717, 1.165) is 5.56 Å². The van der Waals surface area contributed by atoms with Gasteiger partial charge < -0.3 is 18.9 Å². The van der Waals surface area contributed by atoms with Crippen LogP contribution >= 0.6 is 0 Å². The summed E-state index contributed by atoms with van der Waals surface area (Å²) < 4.78 is 23.6. The van der Waals surface area contributed by atoms with E-state index in [2.05, 4.69) is 12.1 Å². The summed E-state index contributed by atoms with van der Waals surface area (Å²) in [4.78, 5) is 0. The van der Waals surface area contributed by atoms with Gasteiger partial charge in [-0.05, 0) is 19.4 Å². The second kappa shape index (κ2) is 3.33. The van der Waals surface area contributed by atoms with Crippen molar-refractivity contribution in [3.63, 3.8) is 0 Å². The number of ether oxygens (including phenoxy) is 4. The van der Waals surface area contributed by atoms with Crippen LogP contribution in [0.4, 0.5) is 0 Å². The Morgan fingerprint density at radius 1 is 1.06 bits per heavy atom. The maximum absolute atomic E-state index is 6.04. The quantitative estimate of drug-likeness (QED) is 0.759. The predicted molar refractivity (Wildman–Crippen MR) is 62.8 cm³/mol. The molecule has 0 saturated carbocycles. The number of rotatable bonds is 1. The molecule has 0 spiro atoms. The predicted octanol–water partition coefficient (Wildman–Crippen LogP) is 1.79. The van der Waals surface area contributed by atoms with E-state index in [-0.39, 0.29) is 18.5 Å². The Morgan fingerprint density at radius 2 is 1.83 bits per heavy atom. The molecule has 2 bridgehead atoms. The van der Waals surface area contributed by atoms with Crippen molar-refractivity contribution in [1.82, 2.24) is 0 Å². The highest BCUT2D eigenvalue weighted by Gasteiger charge is 2.68. The highest BCUT2D eigenvalue weighted by atomic mass is 16.8. The fraction of sp³-hybridized carbons (Fsp3) is 0.571. The van der Waals surface area contributed by atoms with Crippen LogP contribution in [-0.4, -0.2) is 30.9 Å². The Bertz CT molecular complexity index is 472. The van der Waals surface area contributed by atoms with Gasteiger partial charge in [0.15, 0.2) is 12.1 Å². The zero-order chi connectivity index (χ0) is 12.4. The van der Waals surface area contributed by atoms with Crippen LogP contribution in [0.15, 0.2) is 30.3 Å². The Hall–Kier alpha value is -0.940. The topological polar surface area (TPSA) is 36.9 Å². The van der Waals surface area contributed by atoms with E-state index in [4.69, 9.17) is 18.9 Å². The summed E-state index contributed by atoms with van der Waals surface area (Å²) in [6.07, 6.45) is -0.528. The minimum atomic E-state index is -0.564. The fourth-order valence-electron chi connectivity index (χ4n) is 3.18. The molecule has 3 heterocycles. The molecule has 0 amide bonds. The van der Waals surface area contributed by atoms with E-state index in [1.807, 2.05) is 32.0 Å². The molecule has 4 atom stereocenters. The van der Waals surface area contributed by atoms with Crippen molar-refractivity contribution in [2.75, 3.05) is 6.61 Å². The van der Waals surface area contributed by atoms with Gasteiger partial charge in [0, 0.05) is 0 Å². The average molecular weight is 248 g/mol. The maximum atomic E-state index is 6.04. The van der Waals surface area contributed by atoms with Crippen LogP contribution < -0.4 is 0 Å². The van der Waals surface area contributed by atoms with Crippen molar-refractivity contribution in [1.29, 1.82) is 0 Å². The van der Waals surface area contributed by atoms with Gasteiger partial charge in [0.05, 0.1) is 6.61 Å². The zero-order valence-electron chi connectivity index (χ0n) is 10.5. The summed E-state index contributed by atoms with van der Waals surface area (Å²) in [5.41, 5.74) is 0.589. The second-order valence-corrected chi connectivity index (χ2v) is 5.57. The fourth-order valence-corrected chi connectivity index (χ4v) is 3.18. The van der Waals surface area contributed by atoms with E-state index in [1.165, 1.54) is 0 Å². The third-order valence-corrected chi connectivity index (χ3v) is 3.91. The molecule has 0 aromatic heterocycles. The Morgan fingerprint density at radius 3 is 2.61 bits per heavy atom. The number of hydrogen-bond acceptors (Lipinski definition) is 4. The number of benzene rings is 1. The van der Waals surface area contributed by atoms with Crippen LogP contribution in [0.3, 0.4) is 0 Å². The molecule has 0 radical (unpaired) electrons. The van der Waals surface area contributed by atoms with Gasteiger partial charge in [-0.3, -0.25) is 0 Å². The molecule has 2 unspecified atom stereocenters. The summed E-state index contributed by atoms with van der Waals surface area (Å²) in [6.45, 7) is 4.40. The van der Waals surface area contributed by atoms with Gasteiger partial charge in [0.25, 0.3) is 0 Å². The van der Waals surface area contributed by atoms with Gasteiger partial charge >= 0.3 is 0 Å². The molecule has 0 aliphatic carbocycles. The maximum Gasteiger partial charge on any atom is 0.188 e. The van der Waals surface area contributed by atoms with E-state index < -0.39 is 11.4 Å². The van der Waals surface area contributed by atoms with Crippen molar-refractivity contribution in [2.45, 2.75) is 43.7 Å². The van der Waals surface area contributed by atoms with Gasteiger partial charge in [-0.15, -0.1) is 0 Å². The van der Waals surface area contributed by atoms with Gasteiger partial charge in [0.1, 0.15) is 17.8 Å². The normalized spacial score (nSPS) is 44.2. The lowest BCUT2D eigenvalue weighted by Gasteiger charge is -2.31. The van der Waals surface area contributed by atoms with E-state index in [1.54, 1.807) is 0 Å². The Balaban J connectivity index is 1.78. The largest absolute Gasteiger partial charge is 0.346 e. The molecule has 18 heavy (non-hydrogen) atoms. The molecular weight excluding hydrogens is 232 g/mol. The lowest BCUT2D eigenvalue weighted by Crippen LogP contribution is -2.45. The van der Waals surface area contributed by atoms with Crippen LogP contribution in [0, 0.1) is 0 Å². The van der Waals surface area contributed by atoms with Gasteiger partial charge in [-0.2, -0.15) is 0 Å². The molecule has 0 N–H and O–H groups in total. The van der Waals surface area contributed by atoms with Crippen LogP contribution in [0.2, 0.25) is 0 Å². The Kier molecular flexibility index (Phi) is 2.02. The highest BCUT2D eigenvalue weighted by molar-refractivity contribution is 5.29. The van der Waals surface area contributed by atoms with Gasteiger partial charge in [-0.25, -0.2) is 0 Å². The molecule has 4 heteroatoms. The van der Waals surface area contributed by atoms with E-state index in [9.17, 15) is 0 Å². The van der Waals surface area contributed by atoms with Crippen molar-refractivity contribution >= 4 is 0 Å². The third-order valence-electron chi connectivity index (χ3n) is 3.91. The molecule has 1 aromatic rings. The lowest BCUT2D eigenvalue weighted by atomic mass is 9.87. The van der Waals surface area contributed by atoms with Crippen molar-refractivity contribution in [2.24, 2.45) is 0 Å². The highest BCUT2D eigenvalue weighted by Crippen LogP contribution is 2.53. The zero-order valence-corrected chi connectivity index (χ0v) is 10.5. The smallest absolute Gasteiger partial charge is 0.188 e. The SMILES string of the molecule is CC1(C)OC2C(O1)[C@@]1(c3ccccc3)CO[C@@H]2O1. The minimum absolute atomic E-state index is 0.0892. The van der Waals surface area contributed by atoms with Gasteiger partial charge in [-0.1, -0.05) is 30.3 Å². The van der Waals surface area contributed by atoms with Crippen molar-refractivity contribution in [3.05, 3.63) is 35.9 Å². The number of hydrogen-bond donors (Lipinski definition) is 0. The van der Waals surface area contributed by atoms with Crippen molar-refractivity contribution < 1.29 is 18.9 Å². The monoisotopic (exact) mass is 248 g/mol. The molecule has 4 rings (SSSR count). The van der Waals surface area contributed by atoms with E-state index in [0.29, 0.717) is 6.61 Å². The average Bonchev–Trinajstić information content (AvgIpc) is 2.98. The standard InChI is InChI=1S/C14H16O4/c1-13(2)16-10-11(17-13)14(8-15-12(10)18-14)9-6-4-3-5-7-9/h3-7,10-12H,8H2,1-2H3/t10?,11?,12-,14+/m1/s1. The Labute approximate surface area is 106 Å². The summed E-state index contributed by atoms with van der Waals surface area (Å²) in [6, 6.07) is 10.1. The molecule has 3 aliphatic heterocycles. The molecule has 1 aromatic carbocycles. The molecule has 3 saturated heterocycles. The van der Waals surface area contributed by atoms with Crippen molar-refractivity contribution in [3.8, 4) is 0 Å². The molecular formula is C14H16O4.